The third kappa shape index (κ3) is 5.45. The Morgan fingerprint density at radius 2 is 1.81 bits per heavy atom. The summed E-state index contributed by atoms with van der Waals surface area (Å²) in [5, 5.41) is 8.99. The summed E-state index contributed by atoms with van der Waals surface area (Å²) in [4.78, 5) is 37.6. The standard InChI is InChI=1S/C28H30Cl2N8O4S/c1-13-8-15(14(2)31-20-6-7-21(30)32-25(20)26(39)35-43(5,41)42)23-16(9-13)27(40)37(4)28(33-23)38-10-17-18(11-38)22(17)24-19(29)12-36(3)34-24/h6-9,12,14,17-18,22,31H,10-11H2,1-5H3,(H,35,39)/t14-,17-,18+,22?/m1/s1. The Balaban J connectivity index is 1.33. The van der Waals surface area contributed by atoms with Crippen molar-refractivity contribution in [2.75, 3.05) is 29.6 Å². The first kappa shape index (κ1) is 29.4. The van der Waals surface area contributed by atoms with Crippen LogP contribution in [0, 0.1) is 18.8 Å². The lowest BCUT2D eigenvalue weighted by molar-refractivity contribution is 0.0977. The summed E-state index contributed by atoms with van der Waals surface area (Å²) in [5.41, 5.74) is 3.01. The van der Waals surface area contributed by atoms with Gasteiger partial charge in [-0.1, -0.05) is 29.3 Å². The second kappa shape index (κ2) is 10.5. The molecule has 2 aliphatic rings. The van der Waals surface area contributed by atoms with Gasteiger partial charge in [0.2, 0.25) is 16.0 Å². The van der Waals surface area contributed by atoms with Gasteiger partial charge in [-0.2, -0.15) is 5.10 Å². The van der Waals surface area contributed by atoms with E-state index in [0.717, 1.165) is 36.2 Å². The minimum atomic E-state index is -3.83. The second-order valence-electron chi connectivity index (χ2n) is 11.4. The van der Waals surface area contributed by atoms with E-state index in [2.05, 4.69) is 20.3 Å². The number of nitrogens with one attached hydrogen (secondary N) is 2. The predicted octanol–water partition coefficient (Wildman–Crippen LogP) is 3.39. The molecule has 1 aliphatic carbocycles. The Labute approximate surface area is 258 Å². The molecule has 4 atom stereocenters. The summed E-state index contributed by atoms with van der Waals surface area (Å²) in [6, 6.07) is 6.36. The molecule has 0 radical (unpaired) electrons. The molecular formula is C28H30Cl2N8O4S. The number of carbonyl (C=O) groups is 1. The van der Waals surface area contributed by atoms with Crippen molar-refractivity contribution in [2.24, 2.45) is 25.9 Å². The van der Waals surface area contributed by atoms with Crippen LogP contribution in [0.3, 0.4) is 0 Å². The molecule has 1 aromatic carbocycles. The van der Waals surface area contributed by atoms with E-state index in [-0.39, 0.29) is 22.1 Å². The van der Waals surface area contributed by atoms with Crippen LogP contribution in [-0.2, 0) is 24.1 Å². The number of fused-ring (bicyclic) bond motifs is 2. The predicted molar refractivity (Wildman–Crippen MR) is 165 cm³/mol. The van der Waals surface area contributed by atoms with E-state index in [9.17, 15) is 18.0 Å². The lowest BCUT2D eigenvalue weighted by Crippen LogP contribution is -2.32. The van der Waals surface area contributed by atoms with E-state index < -0.39 is 22.0 Å². The Morgan fingerprint density at radius 3 is 2.44 bits per heavy atom. The van der Waals surface area contributed by atoms with Crippen molar-refractivity contribution in [3.05, 3.63) is 73.5 Å². The first-order valence-electron chi connectivity index (χ1n) is 13.6. The van der Waals surface area contributed by atoms with Crippen LogP contribution in [0.1, 0.15) is 46.2 Å². The van der Waals surface area contributed by atoms with Crippen LogP contribution in [0.25, 0.3) is 10.9 Å². The van der Waals surface area contributed by atoms with Gasteiger partial charge in [0.15, 0.2) is 5.69 Å². The zero-order chi connectivity index (χ0) is 31.0. The maximum atomic E-state index is 13.6. The number of carbonyl (C=O) groups excluding carboxylic acids is 1. The Morgan fingerprint density at radius 1 is 1.12 bits per heavy atom. The molecule has 226 valence electrons. The average Bonchev–Trinajstić information content (AvgIpc) is 3.21. The number of hydrogen-bond donors (Lipinski definition) is 2. The molecule has 0 spiro atoms. The van der Waals surface area contributed by atoms with Gasteiger partial charge in [0.1, 0.15) is 5.15 Å². The van der Waals surface area contributed by atoms with Crippen molar-refractivity contribution in [2.45, 2.75) is 25.8 Å². The number of halogens is 2. The Bertz CT molecular complexity index is 1960. The van der Waals surface area contributed by atoms with Gasteiger partial charge in [-0.25, -0.2) is 23.1 Å². The first-order chi connectivity index (χ1) is 20.2. The first-order valence-corrected chi connectivity index (χ1v) is 16.3. The molecule has 3 aromatic heterocycles. The van der Waals surface area contributed by atoms with Crippen molar-refractivity contribution < 1.29 is 13.2 Å². The van der Waals surface area contributed by atoms with Crippen LogP contribution >= 0.6 is 23.2 Å². The van der Waals surface area contributed by atoms with Gasteiger partial charge in [-0.05, 0) is 49.4 Å². The third-order valence-electron chi connectivity index (χ3n) is 8.13. The SMILES string of the molecule is Cc1cc([C@@H](C)Nc2ccc(Cl)nc2C(=O)NS(C)(=O)=O)c2nc(N3C[C@@H]4C(c5nn(C)cc5Cl)[C@@H]4C3)n(C)c(=O)c2c1. The highest BCUT2D eigenvalue weighted by Gasteiger charge is 2.58. The minimum absolute atomic E-state index is 0.0314. The summed E-state index contributed by atoms with van der Waals surface area (Å²) in [6.07, 6.45) is 2.70. The number of nitrogens with zero attached hydrogens (tertiary/aromatic N) is 6. The number of aromatic nitrogens is 5. The highest BCUT2D eigenvalue weighted by Crippen LogP contribution is 2.59. The van der Waals surface area contributed by atoms with Gasteiger partial charge in [-0.3, -0.25) is 18.8 Å². The van der Waals surface area contributed by atoms with Crippen molar-refractivity contribution in [1.29, 1.82) is 0 Å². The lowest BCUT2D eigenvalue weighted by Gasteiger charge is -2.25. The molecule has 6 rings (SSSR count). The number of hydrogen-bond acceptors (Lipinski definition) is 9. The van der Waals surface area contributed by atoms with E-state index in [0.29, 0.717) is 39.6 Å². The second-order valence-corrected chi connectivity index (χ2v) is 14.0. The van der Waals surface area contributed by atoms with E-state index in [1.165, 1.54) is 6.07 Å². The maximum absolute atomic E-state index is 13.6. The van der Waals surface area contributed by atoms with Gasteiger partial charge >= 0.3 is 0 Å². The molecule has 43 heavy (non-hydrogen) atoms. The number of pyridine rings is 1. The number of rotatable bonds is 7. The largest absolute Gasteiger partial charge is 0.377 e. The number of sulfonamides is 1. The molecule has 1 aliphatic heterocycles. The van der Waals surface area contributed by atoms with Gasteiger partial charge in [0, 0.05) is 44.9 Å². The fourth-order valence-corrected chi connectivity index (χ4v) is 7.09. The van der Waals surface area contributed by atoms with Gasteiger partial charge in [0.25, 0.3) is 11.5 Å². The highest BCUT2D eigenvalue weighted by atomic mass is 35.5. The zero-order valence-electron chi connectivity index (χ0n) is 24.1. The van der Waals surface area contributed by atoms with E-state index >= 15 is 0 Å². The van der Waals surface area contributed by atoms with Crippen LogP contribution < -0.4 is 20.5 Å². The van der Waals surface area contributed by atoms with E-state index in [4.69, 9.17) is 28.2 Å². The molecule has 1 unspecified atom stereocenters. The maximum Gasteiger partial charge on any atom is 0.285 e. The van der Waals surface area contributed by atoms with E-state index in [1.54, 1.807) is 22.4 Å². The van der Waals surface area contributed by atoms with Crippen LogP contribution in [0.5, 0.6) is 0 Å². The summed E-state index contributed by atoms with van der Waals surface area (Å²) in [7, 11) is -0.240. The molecule has 1 saturated carbocycles. The van der Waals surface area contributed by atoms with Crippen molar-refractivity contribution in [3.8, 4) is 0 Å². The van der Waals surface area contributed by atoms with Crippen LogP contribution in [-0.4, -0.2) is 58.0 Å². The molecule has 4 heterocycles. The molecular weight excluding hydrogens is 615 g/mol. The number of piperidine rings is 1. The average molecular weight is 646 g/mol. The third-order valence-corrected chi connectivity index (χ3v) is 9.18. The molecule has 2 N–H and O–H groups in total. The van der Waals surface area contributed by atoms with Crippen molar-refractivity contribution >= 4 is 61.7 Å². The van der Waals surface area contributed by atoms with Crippen LogP contribution in [0.2, 0.25) is 10.2 Å². The summed E-state index contributed by atoms with van der Waals surface area (Å²) in [5.74, 6) is 0.723. The Kier molecular flexibility index (Phi) is 7.17. The van der Waals surface area contributed by atoms with Gasteiger partial charge in [0.05, 0.1) is 39.6 Å². The monoisotopic (exact) mass is 644 g/mol. The summed E-state index contributed by atoms with van der Waals surface area (Å²) in [6.45, 7) is 5.23. The normalized spacial score (nSPS) is 20.3. The zero-order valence-corrected chi connectivity index (χ0v) is 26.4. The summed E-state index contributed by atoms with van der Waals surface area (Å²) >= 11 is 12.4. The topological polar surface area (TPSA) is 144 Å². The summed E-state index contributed by atoms with van der Waals surface area (Å²) < 4.78 is 28.7. The van der Waals surface area contributed by atoms with Gasteiger partial charge < -0.3 is 10.2 Å². The lowest BCUT2D eigenvalue weighted by atomic mass is 10.0. The number of benzene rings is 1. The van der Waals surface area contributed by atoms with E-state index in [1.807, 2.05) is 43.9 Å². The molecule has 1 saturated heterocycles. The number of amides is 1. The molecule has 2 fully saturated rings. The molecule has 12 nitrogen and oxygen atoms in total. The minimum Gasteiger partial charge on any atom is -0.377 e. The van der Waals surface area contributed by atoms with Crippen LogP contribution in [0.15, 0.2) is 35.3 Å². The number of anilines is 2. The number of aryl methyl sites for hydroxylation is 2. The Hall–Kier alpha value is -3.68. The quantitative estimate of drug-likeness (QED) is 0.289. The van der Waals surface area contributed by atoms with Crippen molar-refractivity contribution in [1.82, 2.24) is 29.0 Å². The molecule has 15 heteroatoms. The molecule has 4 aromatic rings. The van der Waals surface area contributed by atoms with Gasteiger partial charge in [-0.15, -0.1) is 0 Å². The van der Waals surface area contributed by atoms with Crippen LogP contribution in [0.4, 0.5) is 11.6 Å². The smallest absolute Gasteiger partial charge is 0.285 e. The molecule has 1 amide bonds. The van der Waals surface area contributed by atoms with Crippen molar-refractivity contribution in [3.63, 3.8) is 0 Å². The highest BCUT2D eigenvalue weighted by molar-refractivity contribution is 7.89. The molecule has 0 bridgehead atoms. The fraction of sp³-hybridized carbons (Fsp3) is 0.393. The fourth-order valence-electron chi connectivity index (χ4n) is 6.20.